The third kappa shape index (κ3) is 4.87. The van der Waals surface area contributed by atoms with Crippen molar-refractivity contribution in [2.24, 2.45) is 0 Å². The van der Waals surface area contributed by atoms with Gasteiger partial charge in [0.05, 0.1) is 17.7 Å². The molecule has 30 heavy (non-hydrogen) atoms. The molecule has 2 nitrogen and oxygen atoms in total. The van der Waals surface area contributed by atoms with Gasteiger partial charge in [-0.15, -0.1) is 0 Å². The predicted molar refractivity (Wildman–Crippen MR) is 102 cm³/mol. The molecule has 0 saturated heterocycles. The summed E-state index contributed by atoms with van der Waals surface area (Å²) in [6.07, 6.45) is -9.18. The van der Waals surface area contributed by atoms with Crippen LogP contribution in [0.4, 0.5) is 43.4 Å². The average Bonchev–Trinajstić information content (AvgIpc) is 2.69. The molecule has 0 aliphatic carbocycles. The zero-order valence-corrected chi connectivity index (χ0v) is 15.8. The van der Waals surface area contributed by atoms with Crippen molar-refractivity contribution in [3.05, 3.63) is 83.9 Å². The second-order valence-electron chi connectivity index (χ2n) is 6.36. The summed E-state index contributed by atoms with van der Waals surface area (Å²) in [6, 6.07) is 15.2. The molecule has 0 aromatic heterocycles. The molecular formula is C22H17F6NO. The van der Waals surface area contributed by atoms with Gasteiger partial charge in [-0.2, -0.15) is 26.3 Å². The molecule has 0 N–H and O–H groups in total. The van der Waals surface area contributed by atoms with Crippen LogP contribution in [-0.2, 0) is 12.4 Å². The maximum absolute atomic E-state index is 13.2. The topological polar surface area (TPSA) is 12.5 Å². The smallest absolute Gasteiger partial charge is 0.416 e. The van der Waals surface area contributed by atoms with Crippen LogP contribution in [0.15, 0.2) is 72.8 Å². The number of anilines is 3. The lowest BCUT2D eigenvalue weighted by Gasteiger charge is -2.27. The molecule has 0 atom stereocenters. The van der Waals surface area contributed by atoms with Gasteiger partial charge in [-0.3, -0.25) is 0 Å². The van der Waals surface area contributed by atoms with E-state index in [9.17, 15) is 26.3 Å². The molecule has 0 saturated carbocycles. The second kappa shape index (κ2) is 8.30. The van der Waals surface area contributed by atoms with Gasteiger partial charge in [-0.1, -0.05) is 12.1 Å². The first kappa shape index (κ1) is 21.5. The maximum Gasteiger partial charge on any atom is 0.416 e. The van der Waals surface area contributed by atoms with Gasteiger partial charge in [0, 0.05) is 17.1 Å². The molecule has 0 aliphatic heterocycles. The average molecular weight is 425 g/mol. The number of hydrogen-bond acceptors (Lipinski definition) is 2. The van der Waals surface area contributed by atoms with Gasteiger partial charge in [-0.05, 0) is 67.6 Å². The number of halogens is 6. The fourth-order valence-corrected chi connectivity index (χ4v) is 2.95. The van der Waals surface area contributed by atoms with E-state index < -0.39 is 23.5 Å². The fraction of sp³-hybridized carbons (Fsp3) is 0.182. The summed E-state index contributed by atoms with van der Waals surface area (Å²) in [5.74, 6) is 0.536. The molecule has 3 aromatic carbocycles. The molecule has 0 spiro atoms. The van der Waals surface area contributed by atoms with Crippen molar-refractivity contribution >= 4 is 17.1 Å². The van der Waals surface area contributed by atoms with Crippen LogP contribution >= 0.6 is 0 Å². The molecule has 8 heteroatoms. The van der Waals surface area contributed by atoms with Crippen molar-refractivity contribution in [2.75, 3.05) is 11.5 Å². The Bertz CT molecular complexity index is 938. The standard InChI is InChI=1S/C22H17F6NO/c1-2-30-20-11-9-17(10-12-20)29(18-7-3-5-15(13-18)21(23,24)25)19-8-4-6-16(14-19)22(26,27)28/h3-14H,2H2,1H3. The molecule has 0 aliphatic rings. The third-order valence-corrected chi connectivity index (χ3v) is 4.27. The molecule has 158 valence electrons. The SMILES string of the molecule is CCOc1ccc(N(c2cccc(C(F)(F)F)c2)c2cccc(C(F)(F)F)c2)cc1. The highest BCUT2D eigenvalue weighted by molar-refractivity contribution is 5.77. The van der Waals surface area contributed by atoms with Crippen molar-refractivity contribution in [2.45, 2.75) is 19.3 Å². The van der Waals surface area contributed by atoms with Crippen molar-refractivity contribution in [1.29, 1.82) is 0 Å². The van der Waals surface area contributed by atoms with E-state index in [1.807, 2.05) is 0 Å². The molecule has 3 aromatic rings. The summed E-state index contributed by atoms with van der Waals surface area (Å²) in [4.78, 5) is 1.33. The Hall–Kier alpha value is -3.16. The third-order valence-electron chi connectivity index (χ3n) is 4.27. The monoisotopic (exact) mass is 425 g/mol. The van der Waals surface area contributed by atoms with Gasteiger partial charge < -0.3 is 9.64 Å². The molecular weight excluding hydrogens is 408 g/mol. The second-order valence-corrected chi connectivity index (χ2v) is 6.36. The van der Waals surface area contributed by atoms with Crippen LogP contribution in [0.3, 0.4) is 0 Å². The van der Waals surface area contributed by atoms with Gasteiger partial charge in [0.2, 0.25) is 0 Å². The Morgan fingerprint density at radius 2 is 1.13 bits per heavy atom. The Morgan fingerprint density at radius 1 is 0.667 bits per heavy atom. The molecule has 0 fully saturated rings. The van der Waals surface area contributed by atoms with E-state index in [0.29, 0.717) is 18.0 Å². The first-order chi connectivity index (χ1) is 14.1. The quantitative estimate of drug-likeness (QED) is 0.391. The molecule has 3 rings (SSSR count). The molecule has 0 unspecified atom stereocenters. The van der Waals surface area contributed by atoms with Crippen LogP contribution < -0.4 is 9.64 Å². The fourth-order valence-electron chi connectivity index (χ4n) is 2.95. The van der Waals surface area contributed by atoms with Crippen LogP contribution in [0, 0.1) is 0 Å². The van der Waals surface area contributed by atoms with E-state index in [4.69, 9.17) is 4.74 Å². The maximum atomic E-state index is 13.2. The van der Waals surface area contributed by atoms with Crippen LogP contribution in [0.1, 0.15) is 18.1 Å². The summed E-state index contributed by atoms with van der Waals surface area (Å²) in [6.45, 7) is 2.22. The lowest BCUT2D eigenvalue weighted by Crippen LogP contribution is -2.13. The minimum atomic E-state index is -4.59. The van der Waals surface area contributed by atoms with Crippen LogP contribution in [-0.4, -0.2) is 6.61 Å². The molecule has 0 amide bonds. The van der Waals surface area contributed by atoms with Gasteiger partial charge in [0.25, 0.3) is 0 Å². The van der Waals surface area contributed by atoms with Crippen molar-refractivity contribution in [3.63, 3.8) is 0 Å². The Morgan fingerprint density at radius 3 is 1.53 bits per heavy atom. The normalized spacial score (nSPS) is 12.0. The highest BCUT2D eigenvalue weighted by Crippen LogP contribution is 2.40. The van der Waals surface area contributed by atoms with Gasteiger partial charge in [-0.25, -0.2) is 0 Å². The van der Waals surface area contributed by atoms with E-state index in [2.05, 4.69) is 0 Å². The zero-order chi connectivity index (χ0) is 21.9. The summed E-state index contributed by atoms with van der Waals surface area (Å²) in [5.41, 5.74) is -1.26. The first-order valence-corrected chi connectivity index (χ1v) is 8.97. The minimum absolute atomic E-state index is 0.0771. The number of hydrogen-bond donors (Lipinski definition) is 0. The van der Waals surface area contributed by atoms with E-state index >= 15 is 0 Å². The van der Waals surface area contributed by atoms with Crippen molar-refractivity contribution in [1.82, 2.24) is 0 Å². The van der Waals surface area contributed by atoms with Gasteiger partial charge >= 0.3 is 12.4 Å². The van der Waals surface area contributed by atoms with Crippen LogP contribution in [0.2, 0.25) is 0 Å². The van der Waals surface area contributed by atoms with E-state index in [1.54, 1.807) is 31.2 Å². The van der Waals surface area contributed by atoms with E-state index in [1.165, 1.54) is 29.2 Å². The summed E-state index contributed by atoms with van der Waals surface area (Å²) in [7, 11) is 0. The highest BCUT2D eigenvalue weighted by atomic mass is 19.4. The van der Waals surface area contributed by atoms with Crippen LogP contribution in [0.5, 0.6) is 5.75 Å². The highest BCUT2D eigenvalue weighted by Gasteiger charge is 2.32. The Labute approximate surface area is 169 Å². The number of nitrogens with zero attached hydrogens (tertiary/aromatic N) is 1. The minimum Gasteiger partial charge on any atom is -0.494 e. The largest absolute Gasteiger partial charge is 0.494 e. The van der Waals surface area contributed by atoms with Crippen molar-refractivity contribution in [3.8, 4) is 5.75 Å². The number of rotatable bonds is 5. The summed E-state index contributed by atoms with van der Waals surface area (Å²) >= 11 is 0. The number of benzene rings is 3. The summed E-state index contributed by atoms with van der Waals surface area (Å²) in [5, 5.41) is 0. The first-order valence-electron chi connectivity index (χ1n) is 8.97. The van der Waals surface area contributed by atoms with Gasteiger partial charge in [0.1, 0.15) is 5.75 Å². The number of alkyl halides is 6. The number of ether oxygens (including phenoxy) is 1. The summed E-state index contributed by atoms with van der Waals surface area (Å²) < 4.78 is 84.6. The zero-order valence-electron chi connectivity index (χ0n) is 15.8. The lowest BCUT2D eigenvalue weighted by atomic mass is 10.1. The van der Waals surface area contributed by atoms with Crippen molar-refractivity contribution < 1.29 is 31.1 Å². The molecule has 0 radical (unpaired) electrons. The Balaban J connectivity index is 2.15. The van der Waals surface area contributed by atoms with E-state index in [-0.39, 0.29) is 11.4 Å². The lowest BCUT2D eigenvalue weighted by molar-refractivity contribution is -0.138. The molecule has 0 bridgehead atoms. The van der Waals surface area contributed by atoms with E-state index in [0.717, 1.165) is 24.3 Å². The predicted octanol–water partition coefficient (Wildman–Crippen LogP) is 7.59. The molecule has 0 heterocycles. The van der Waals surface area contributed by atoms with Gasteiger partial charge in [0.15, 0.2) is 0 Å². The Kier molecular flexibility index (Phi) is 5.96. The van der Waals surface area contributed by atoms with Crippen LogP contribution in [0.25, 0.3) is 0 Å².